The molecule has 26 heavy (non-hydrogen) atoms. The fraction of sp³-hybridized carbons (Fsp3) is 0.211. The Morgan fingerprint density at radius 2 is 1.96 bits per heavy atom. The van der Waals surface area contributed by atoms with Gasteiger partial charge in [-0.05, 0) is 43.7 Å². The Labute approximate surface area is 161 Å². The van der Waals surface area contributed by atoms with Gasteiger partial charge < -0.3 is 10.6 Å². The van der Waals surface area contributed by atoms with Gasteiger partial charge in [0.1, 0.15) is 5.25 Å². The number of carbonyl (C=O) groups is 2. The average molecular weight is 388 g/mol. The number of anilines is 1. The molecule has 2 amide bonds. The molecule has 1 fully saturated rings. The lowest BCUT2D eigenvalue weighted by atomic mass is 10.2. The molecule has 1 aliphatic rings. The molecule has 0 saturated carbocycles. The van der Waals surface area contributed by atoms with Gasteiger partial charge in [-0.15, -0.1) is 0 Å². The van der Waals surface area contributed by atoms with Crippen molar-refractivity contribution in [3.63, 3.8) is 0 Å². The molecule has 134 valence electrons. The first-order valence-corrected chi connectivity index (χ1v) is 9.35. The zero-order valence-electron chi connectivity index (χ0n) is 14.4. The Morgan fingerprint density at radius 1 is 1.23 bits per heavy atom. The van der Waals surface area contributed by atoms with E-state index in [9.17, 15) is 9.59 Å². The molecule has 0 aliphatic carbocycles. The number of halogens is 1. The molecule has 1 aliphatic heterocycles. The lowest BCUT2D eigenvalue weighted by Crippen LogP contribution is -2.28. The quantitative estimate of drug-likeness (QED) is 0.825. The number of benzene rings is 2. The Kier molecular flexibility index (Phi) is 5.64. The van der Waals surface area contributed by atoms with Crippen LogP contribution in [0.2, 0.25) is 5.02 Å². The summed E-state index contributed by atoms with van der Waals surface area (Å²) in [6.07, 6.45) is 0.0644. The van der Waals surface area contributed by atoms with Gasteiger partial charge in [0.15, 0.2) is 5.17 Å². The zero-order valence-corrected chi connectivity index (χ0v) is 15.9. The summed E-state index contributed by atoms with van der Waals surface area (Å²) in [5.74, 6) is -0.452. The third-order valence-electron chi connectivity index (χ3n) is 3.87. The Balaban J connectivity index is 1.61. The van der Waals surface area contributed by atoms with Gasteiger partial charge in [-0.1, -0.05) is 47.1 Å². The summed E-state index contributed by atoms with van der Waals surface area (Å²) in [5.41, 5.74) is 3.45. The summed E-state index contributed by atoms with van der Waals surface area (Å²) >= 11 is 7.33. The first-order valence-electron chi connectivity index (χ1n) is 8.09. The van der Waals surface area contributed by atoms with Crippen molar-refractivity contribution in [3.05, 3.63) is 58.6 Å². The molecule has 2 N–H and O–H groups in total. The monoisotopic (exact) mass is 387 g/mol. The van der Waals surface area contributed by atoms with Crippen LogP contribution in [0.25, 0.3) is 0 Å². The second-order valence-electron chi connectivity index (χ2n) is 6.06. The molecule has 0 aromatic heterocycles. The summed E-state index contributed by atoms with van der Waals surface area (Å²) in [4.78, 5) is 28.7. The van der Waals surface area contributed by atoms with E-state index in [2.05, 4.69) is 15.6 Å². The molecule has 5 nitrogen and oxygen atoms in total. The lowest BCUT2D eigenvalue weighted by Gasteiger charge is -2.08. The molecule has 7 heteroatoms. The molecule has 0 bridgehead atoms. The molecule has 2 aromatic rings. The number of hydrogen-bond donors (Lipinski definition) is 2. The Morgan fingerprint density at radius 3 is 2.65 bits per heavy atom. The number of amides is 2. The average Bonchev–Trinajstić information content (AvgIpc) is 2.92. The van der Waals surface area contributed by atoms with Crippen molar-refractivity contribution in [1.29, 1.82) is 0 Å². The lowest BCUT2D eigenvalue weighted by molar-refractivity contribution is -0.122. The number of rotatable bonds is 4. The third-order valence-corrected chi connectivity index (χ3v) is 5.36. The molecular formula is C19H18ClN3O2S. The number of aliphatic imine (C=N–C) groups is 1. The topological polar surface area (TPSA) is 70.6 Å². The summed E-state index contributed by atoms with van der Waals surface area (Å²) < 4.78 is 0. The summed E-state index contributed by atoms with van der Waals surface area (Å²) in [6.45, 7) is 3.89. The minimum atomic E-state index is -0.500. The van der Waals surface area contributed by atoms with Crippen LogP contribution in [0.3, 0.4) is 0 Å². The molecule has 1 heterocycles. The fourth-order valence-electron chi connectivity index (χ4n) is 2.38. The molecule has 0 spiro atoms. The Bertz CT molecular complexity index is 881. The van der Waals surface area contributed by atoms with Crippen molar-refractivity contribution in [2.75, 3.05) is 5.32 Å². The van der Waals surface area contributed by atoms with Crippen LogP contribution in [0, 0.1) is 13.8 Å². The fourth-order valence-corrected chi connectivity index (χ4v) is 3.55. The van der Waals surface area contributed by atoms with Crippen LogP contribution in [-0.4, -0.2) is 22.2 Å². The number of hydrogen-bond acceptors (Lipinski definition) is 4. The van der Waals surface area contributed by atoms with Crippen LogP contribution >= 0.6 is 23.4 Å². The SMILES string of the molecule is Cc1ccc(N=C2NC(=O)[C@@H](CC(=O)Nc3ccc(C)c(Cl)c3)S2)cc1. The molecule has 1 atom stereocenters. The number of aryl methyl sites for hydroxylation is 2. The molecule has 0 radical (unpaired) electrons. The van der Waals surface area contributed by atoms with E-state index in [1.165, 1.54) is 11.8 Å². The van der Waals surface area contributed by atoms with E-state index in [4.69, 9.17) is 11.6 Å². The predicted molar refractivity (Wildman–Crippen MR) is 107 cm³/mol. The van der Waals surface area contributed by atoms with E-state index in [-0.39, 0.29) is 18.2 Å². The smallest absolute Gasteiger partial charge is 0.240 e. The maximum atomic E-state index is 12.2. The highest BCUT2D eigenvalue weighted by molar-refractivity contribution is 8.15. The highest BCUT2D eigenvalue weighted by Gasteiger charge is 2.32. The highest BCUT2D eigenvalue weighted by Crippen LogP contribution is 2.26. The Hall–Kier alpha value is -2.31. The third kappa shape index (κ3) is 4.65. The van der Waals surface area contributed by atoms with Crippen molar-refractivity contribution in [1.82, 2.24) is 5.32 Å². The minimum absolute atomic E-state index is 0.0644. The highest BCUT2D eigenvalue weighted by atomic mass is 35.5. The molecule has 0 unspecified atom stereocenters. The minimum Gasteiger partial charge on any atom is -0.326 e. The second kappa shape index (κ2) is 7.93. The molecular weight excluding hydrogens is 370 g/mol. The molecule has 2 aromatic carbocycles. The van der Waals surface area contributed by atoms with Crippen LogP contribution < -0.4 is 10.6 Å². The largest absolute Gasteiger partial charge is 0.326 e. The van der Waals surface area contributed by atoms with Crippen LogP contribution in [0.5, 0.6) is 0 Å². The van der Waals surface area contributed by atoms with Crippen LogP contribution in [-0.2, 0) is 9.59 Å². The summed E-state index contributed by atoms with van der Waals surface area (Å²) in [5, 5.41) is 6.09. The van der Waals surface area contributed by atoms with Gasteiger partial charge in [0.25, 0.3) is 0 Å². The summed E-state index contributed by atoms with van der Waals surface area (Å²) in [7, 11) is 0. The first-order chi connectivity index (χ1) is 12.4. The normalized spacial score (nSPS) is 18.0. The van der Waals surface area contributed by atoms with Gasteiger partial charge in [-0.3, -0.25) is 9.59 Å². The van der Waals surface area contributed by atoms with Gasteiger partial charge >= 0.3 is 0 Å². The van der Waals surface area contributed by atoms with Crippen molar-refractivity contribution in [3.8, 4) is 0 Å². The van der Waals surface area contributed by atoms with Crippen LogP contribution in [0.15, 0.2) is 47.5 Å². The van der Waals surface area contributed by atoms with E-state index in [1.807, 2.05) is 44.2 Å². The van der Waals surface area contributed by atoms with E-state index in [0.717, 1.165) is 16.8 Å². The van der Waals surface area contributed by atoms with Crippen LogP contribution in [0.4, 0.5) is 11.4 Å². The van der Waals surface area contributed by atoms with Crippen molar-refractivity contribution in [2.24, 2.45) is 4.99 Å². The predicted octanol–water partition coefficient (Wildman–Crippen LogP) is 4.20. The summed E-state index contributed by atoms with van der Waals surface area (Å²) in [6, 6.07) is 13.0. The van der Waals surface area contributed by atoms with Crippen molar-refractivity contribution < 1.29 is 9.59 Å². The van der Waals surface area contributed by atoms with Gasteiger partial charge in [0, 0.05) is 17.1 Å². The number of nitrogens with zero attached hydrogens (tertiary/aromatic N) is 1. The number of carbonyl (C=O) groups excluding carboxylic acids is 2. The molecule has 1 saturated heterocycles. The number of amidine groups is 1. The van der Waals surface area contributed by atoms with Gasteiger partial charge in [-0.25, -0.2) is 4.99 Å². The number of thioether (sulfide) groups is 1. The van der Waals surface area contributed by atoms with Gasteiger partial charge in [-0.2, -0.15) is 0 Å². The first kappa shape index (κ1) is 18.5. The standard InChI is InChI=1S/C19H18ClN3O2S/c1-11-3-6-13(7-4-11)22-19-23-18(25)16(26-19)10-17(24)21-14-8-5-12(2)15(20)9-14/h3-9,16H,10H2,1-2H3,(H,21,24)(H,22,23,25)/t16-/m1/s1. The second-order valence-corrected chi connectivity index (χ2v) is 7.66. The maximum absolute atomic E-state index is 12.2. The van der Waals surface area contributed by atoms with E-state index < -0.39 is 5.25 Å². The van der Waals surface area contributed by atoms with Gasteiger partial charge in [0.2, 0.25) is 11.8 Å². The van der Waals surface area contributed by atoms with E-state index >= 15 is 0 Å². The zero-order chi connectivity index (χ0) is 18.7. The number of nitrogens with one attached hydrogen (secondary N) is 2. The van der Waals surface area contributed by atoms with E-state index in [0.29, 0.717) is 15.9 Å². The van der Waals surface area contributed by atoms with Crippen molar-refractivity contribution in [2.45, 2.75) is 25.5 Å². The van der Waals surface area contributed by atoms with E-state index in [1.54, 1.807) is 12.1 Å². The van der Waals surface area contributed by atoms with Crippen LogP contribution in [0.1, 0.15) is 17.5 Å². The van der Waals surface area contributed by atoms with Crippen molar-refractivity contribution >= 4 is 51.7 Å². The molecule has 3 rings (SSSR count). The van der Waals surface area contributed by atoms with Gasteiger partial charge in [0.05, 0.1) is 5.69 Å². The maximum Gasteiger partial charge on any atom is 0.240 e.